The van der Waals surface area contributed by atoms with E-state index in [0.29, 0.717) is 5.56 Å². The molecule has 5 heteroatoms. The first-order valence-corrected chi connectivity index (χ1v) is 9.10. The number of nitrogens with zero attached hydrogens (tertiary/aromatic N) is 3. The van der Waals surface area contributed by atoms with Crippen LogP contribution < -0.4 is 4.90 Å². The summed E-state index contributed by atoms with van der Waals surface area (Å²) in [5, 5.41) is 0. The van der Waals surface area contributed by atoms with Gasteiger partial charge in [-0.25, -0.2) is 4.79 Å². The number of ether oxygens (including phenoxy) is 1. The lowest BCUT2D eigenvalue weighted by Gasteiger charge is -2.14. The van der Waals surface area contributed by atoms with Crippen molar-refractivity contribution in [2.75, 3.05) is 26.1 Å². The molecule has 0 unspecified atom stereocenters. The number of benzene rings is 2. The van der Waals surface area contributed by atoms with Gasteiger partial charge in [0.25, 0.3) is 0 Å². The van der Waals surface area contributed by atoms with Crippen LogP contribution in [0.1, 0.15) is 27.3 Å². The number of hydrogen-bond donors (Lipinski definition) is 0. The van der Waals surface area contributed by atoms with Crippen molar-refractivity contribution in [3.63, 3.8) is 0 Å². The van der Waals surface area contributed by atoms with E-state index in [2.05, 4.69) is 58.6 Å². The van der Waals surface area contributed by atoms with Crippen molar-refractivity contribution in [2.24, 2.45) is 4.99 Å². The molecule has 144 valence electrons. The Labute approximate surface area is 165 Å². The highest BCUT2D eigenvalue weighted by molar-refractivity contribution is 5.90. The fraction of sp³-hybridized carbons (Fsp3) is 0.217. The van der Waals surface area contributed by atoms with E-state index in [9.17, 15) is 4.79 Å². The van der Waals surface area contributed by atoms with Crippen LogP contribution in [0.4, 0.5) is 11.4 Å². The maximum Gasteiger partial charge on any atom is 0.337 e. The Kier molecular flexibility index (Phi) is 5.64. The van der Waals surface area contributed by atoms with Gasteiger partial charge >= 0.3 is 5.97 Å². The molecule has 1 aromatic heterocycles. The van der Waals surface area contributed by atoms with Gasteiger partial charge in [-0.15, -0.1) is 0 Å². The van der Waals surface area contributed by atoms with Crippen LogP contribution in [0, 0.1) is 13.8 Å². The van der Waals surface area contributed by atoms with E-state index >= 15 is 0 Å². The van der Waals surface area contributed by atoms with Crippen molar-refractivity contribution in [1.29, 1.82) is 0 Å². The minimum absolute atomic E-state index is 0.348. The van der Waals surface area contributed by atoms with E-state index in [-0.39, 0.29) is 5.97 Å². The van der Waals surface area contributed by atoms with Crippen molar-refractivity contribution in [3.05, 3.63) is 77.1 Å². The van der Waals surface area contributed by atoms with Gasteiger partial charge in [0.05, 0.1) is 18.4 Å². The molecule has 0 radical (unpaired) electrons. The Morgan fingerprint density at radius 1 is 1.04 bits per heavy atom. The highest BCUT2D eigenvalue weighted by atomic mass is 16.5. The second-order valence-electron chi connectivity index (χ2n) is 6.87. The topological polar surface area (TPSA) is 46.8 Å². The van der Waals surface area contributed by atoms with E-state index in [1.165, 1.54) is 12.8 Å². The first kappa shape index (κ1) is 19.4. The maximum absolute atomic E-state index is 11.5. The van der Waals surface area contributed by atoms with Crippen molar-refractivity contribution in [3.8, 4) is 5.69 Å². The number of carbonyl (C=O) groups excluding carboxylic acids is 1. The predicted octanol–water partition coefficient (Wildman–Crippen LogP) is 4.70. The van der Waals surface area contributed by atoms with Gasteiger partial charge < -0.3 is 14.2 Å². The largest absolute Gasteiger partial charge is 0.465 e. The zero-order valence-electron chi connectivity index (χ0n) is 16.9. The monoisotopic (exact) mass is 375 g/mol. The van der Waals surface area contributed by atoms with Crippen LogP contribution >= 0.6 is 0 Å². The minimum Gasteiger partial charge on any atom is -0.465 e. The van der Waals surface area contributed by atoms with Crippen LogP contribution in [0.2, 0.25) is 0 Å². The molecule has 0 saturated heterocycles. The highest BCUT2D eigenvalue weighted by Crippen LogP contribution is 2.23. The van der Waals surface area contributed by atoms with Crippen molar-refractivity contribution >= 4 is 23.6 Å². The van der Waals surface area contributed by atoms with Gasteiger partial charge in [0.2, 0.25) is 0 Å². The average molecular weight is 375 g/mol. The molecule has 2 aromatic carbocycles. The molecule has 0 bridgehead atoms. The molecule has 0 aliphatic carbocycles. The molecule has 3 rings (SSSR count). The van der Waals surface area contributed by atoms with E-state index in [1.807, 2.05) is 32.4 Å². The fourth-order valence-electron chi connectivity index (χ4n) is 3.16. The third kappa shape index (κ3) is 3.98. The molecule has 1 heterocycles. The lowest BCUT2D eigenvalue weighted by Crippen LogP contribution is -2.08. The summed E-state index contributed by atoms with van der Waals surface area (Å²) in [6.45, 7) is 4.18. The summed E-state index contributed by atoms with van der Waals surface area (Å²) >= 11 is 0. The first-order chi connectivity index (χ1) is 13.4. The normalized spacial score (nSPS) is 11.0. The van der Waals surface area contributed by atoms with Crippen molar-refractivity contribution in [1.82, 2.24) is 4.57 Å². The van der Waals surface area contributed by atoms with Crippen molar-refractivity contribution in [2.45, 2.75) is 13.8 Å². The summed E-state index contributed by atoms with van der Waals surface area (Å²) < 4.78 is 6.94. The number of aliphatic imine (C=N–C) groups is 1. The SMILES string of the molecule is COC(=O)c1ccc(N=Cc2cc(C)n(-c3ccc(N(C)C)cc3)c2C)cc1. The van der Waals surface area contributed by atoms with Crippen LogP contribution in [0.25, 0.3) is 5.69 Å². The second-order valence-corrected chi connectivity index (χ2v) is 6.87. The van der Waals surface area contributed by atoms with Gasteiger partial charge in [0.15, 0.2) is 0 Å². The van der Waals surface area contributed by atoms with E-state index < -0.39 is 0 Å². The number of aryl methyl sites for hydroxylation is 1. The highest BCUT2D eigenvalue weighted by Gasteiger charge is 2.10. The Balaban J connectivity index is 1.85. The molecule has 0 aliphatic rings. The number of aromatic nitrogens is 1. The third-order valence-corrected chi connectivity index (χ3v) is 4.74. The van der Waals surface area contributed by atoms with Crippen LogP contribution in [0.3, 0.4) is 0 Å². The van der Waals surface area contributed by atoms with E-state index in [1.54, 1.807) is 12.1 Å². The van der Waals surface area contributed by atoms with Crippen LogP contribution in [0.15, 0.2) is 59.6 Å². The first-order valence-electron chi connectivity index (χ1n) is 9.10. The molecular weight excluding hydrogens is 350 g/mol. The summed E-state index contributed by atoms with van der Waals surface area (Å²) in [4.78, 5) is 18.2. The van der Waals surface area contributed by atoms with Gasteiger partial charge in [-0.3, -0.25) is 4.99 Å². The number of methoxy groups -OCH3 is 1. The molecule has 0 spiro atoms. The molecule has 5 nitrogen and oxygen atoms in total. The van der Waals surface area contributed by atoms with Crippen LogP contribution in [0.5, 0.6) is 0 Å². The second kappa shape index (κ2) is 8.13. The molecule has 3 aromatic rings. The molecule has 0 saturated carbocycles. The van der Waals surface area contributed by atoms with Crippen LogP contribution in [-0.2, 0) is 4.74 Å². The van der Waals surface area contributed by atoms with Gasteiger partial charge in [-0.2, -0.15) is 0 Å². The quantitative estimate of drug-likeness (QED) is 0.480. The third-order valence-electron chi connectivity index (χ3n) is 4.74. The lowest BCUT2D eigenvalue weighted by molar-refractivity contribution is 0.0601. The minimum atomic E-state index is -0.348. The molecule has 0 atom stereocenters. The standard InChI is InChI=1S/C23H25N3O2/c1-16-14-19(15-24-20-8-6-18(7-9-20)23(27)28-5)17(2)26(16)22-12-10-21(11-13-22)25(3)4/h6-15H,1-5H3. The Morgan fingerprint density at radius 3 is 2.25 bits per heavy atom. The summed E-state index contributed by atoms with van der Waals surface area (Å²) in [6, 6.07) is 17.7. The molecule has 28 heavy (non-hydrogen) atoms. The zero-order chi connectivity index (χ0) is 20.3. The Hall–Kier alpha value is -3.34. The number of hydrogen-bond acceptors (Lipinski definition) is 4. The predicted molar refractivity (Wildman–Crippen MR) is 115 cm³/mol. The van der Waals surface area contributed by atoms with Gasteiger partial charge in [-0.05, 0) is 68.4 Å². The average Bonchev–Trinajstić information content (AvgIpc) is 2.99. The summed E-state index contributed by atoms with van der Waals surface area (Å²) in [5.41, 5.74) is 6.94. The maximum atomic E-state index is 11.5. The van der Waals surface area contributed by atoms with E-state index in [4.69, 9.17) is 4.74 Å². The van der Waals surface area contributed by atoms with Gasteiger partial charge in [0.1, 0.15) is 0 Å². The van der Waals surface area contributed by atoms with Crippen molar-refractivity contribution < 1.29 is 9.53 Å². The molecule has 0 aliphatic heterocycles. The number of esters is 1. The Bertz CT molecular complexity index is 998. The lowest BCUT2D eigenvalue weighted by atomic mass is 10.2. The molecule has 0 N–H and O–H groups in total. The number of rotatable bonds is 5. The molecule has 0 amide bonds. The van der Waals surface area contributed by atoms with E-state index in [0.717, 1.165) is 28.3 Å². The molecular formula is C23H25N3O2. The Morgan fingerprint density at radius 2 is 1.68 bits per heavy atom. The van der Waals surface area contributed by atoms with Crippen LogP contribution in [-0.4, -0.2) is 38.0 Å². The van der Waals surface area contributed by atoms with Gasteiger partial charge in [-0.1, -0.05) is 0 Å². The zero-order valence-corrected chi connectivity index (χ0v) is 16.9. The number of carbonyl (C=O) groups is 1. The molecule has 0 fully saturated rings. The van der Waals surface area contributed by atoms with Gasteiger partial charge in [0, 0.05) is 48.6 Å². The fourth-order valence-corrected chi connectivity index (χ4v) is 3.16. The summed E-state index contributed by atoms with van der Waals surface area (Å²) in [6.07, 6.45) is 1.86. The summed E-state index contributed by atoms with van der Waals surface area (Å²) in [7, 11) is 5.44. The smallest absolute Gasteiger partial charge is 0.337 e. The number of anilines is 1. The summed E-state index contributed by atoms with van der Waals surface area (Å²) in [5.74, 6) is -0.348.